The van der Waals surface area contributed by atoms with E-state index >= 15 is 0 Å². The van der Waals surface area contributed by atoms with Crippen LogP contribution in [0.25, 0.3) is 0 Å². The Bertz CT molecular complexity index is 661. The van der Waals surface area contributed by atoms with Crippen LogP contribution in [0.5, 0.6) is 0 Å². The van der Waals surface area contributed by atoms with Crippen molar-refractivity contribution in [1.29, 1.82) is 0 Å². The molecule has 1 aliphatic rings. The van der Waals surface area contributed by atoms with Gasteiger partial charge in [0.1, 0.15) is 0 Å². The second-order valence-electron chi connectivity index (χ2n) is 6.00. The first-order valence-corrected chi connectivity index (χ1v) is 8.19. The zero-order valence-electron chi connectivity index (χ0n) is 13.5. The second-order valence-corrected chi connectivity index (χ2v) is 6.00. The number of benzene rings is 1. The van der Waals surface area contributed by atoms with Gasteiger partial charge >= 0.3 is 0 Å². The number of hydrogen-bond donors (Lipinski definition) is 1. The smallest absolute Gasteiger partial charge is 0.276 e. The fourth-order valence-corrected chi connectivity index (χ4v) is 2.83. The monoisotopic (exact) mass is 310 g/mol. The van der Waals surface area contributed by atoms with Crippen molar-refractivity contribution in [1.82, 2.24) is 10.2 Å². The van der Waals surface area contributed by atoms with Crippen molar-refractivity contribution in [3.63, 3.8) is 0 Å². The lowest BCUT2D eigenvalue weighted by Gasteiger charge is -2.20. The van der Waals surface area contributed by atoms with Crippen LogP contribution in [-0.4, -0.2) is 29.2 Å². The zero-order valence-corrected chi connectivity index (χ0v) is 13.5. The standard InChI is InChI=1S/C18H22N4O/c1-14-7-6-8-15(13-14)19-18(23)16-9-10-17(21-20-16)22-11-4-2-3-5-12-22/h6-10,13H,2-5,11-12H2,1H3,(H,19,23). The second kappa shape index (κ2) is 7.22. The minimum atomic E-state index is -0.231. The number of carbonyl (C=O) groups excluding carboxylic acids is 1. The van der Waals surface area contributed by atoms with Crippen LogP contribution in [0.15, 0.2) is 36.4 Å². The minimum Gasteiger partial charge on any atom is -0.355 e. The third kappa shape index (κ3) is 4.06. The van der Waals surface area contributed by atoms with E-state index in [1.165, 1.54) is 25.7 Å². The molecule has 0 atom stereocenters. The van der Waals surface area contributed by atoms with E-state index < -0.39 is 0 Å². The number of aromatic nitrogens is 2. The van der Waals surface area contributed by atoms with Crippen LogP contribution in [0.4, 0.5) is 11.5 Å². The maximum absolute atomic E-state index is 12.2. The van der Waals surface area contributed by atoms with E-state index in [0.717, 1.165) is 30.2 Å². The number of hydrogen-bond acceptors (Lipinski definition) is 4. The number of nitrogens with zero attached hydrogens (tertiary/aromatic N) is 3. The Morgan fingerprint density at radius 1 is 1.04 bits per heavy atom. The van der Waals surface area contributed by atoms with Gasteiger partial charge in [-0.2, -0.15) is 0 Å². The molecular weight excluding hydrogens is 288 g/mol. The summed E-state index contributed by atoms with van der Waals surface area (Å²) in [5, 5.41) is 11.2. The average molecular weight is 310 g/mol. The van der Waals surface area contributed by atoms with Crippen LogP contribution in [0, 0.1) is 6.92 Å². The van der Waals surface area contributed by atoms with Crippen LogP contribution >= 0.6 is 0 Å². The molecule has 1 aliphatic heterocycles. The maximum atomic E-state index is 12.2. The number of anilines is 2. The molecule has 2 aromatic rings. The van der Waals surface area contributed by atoms with Gasteiger partial charge in [-0.15, -0.1) is 10.2 Å². The fourth-order valence-electron chi connectivity index (χ4n) is 2.83. The summed E-state index contributed by atoms with van der Waals surface area (Å²) in [5.74, 6) is 0.629. The molecule has 23 heavy (non-hydrogen) atoms. The highest BCUT2D eigenvalue weighted by Gasteiger charge is 2.13. The Hall–Kier alpha value is -2.43. The summed E-state index contributed by atoms with van der Waals surface area (Å²) in [6.07, 6.45) is 4.94. The molecule has 3 rings (SSSR count). The van der Waals surface area contributed by atoms with Gasteiger partial charge in [0.05, 0.1) is 0 Å². The first kappa shape index (κ1) is 15.5. The minimum absolute atomic E-state index is 0.231. The molecule has 0 aliphatic carbocycles. The van der Waals surface area contributed by atoms with Gasteiger partial charge in [-0.3, -0.25) is 4.79 Å². The Kier molecular flexibility index (Phi) is 4.86. The SMILES string of the molecule is Cc1cccc(NC(=O)c2ccc(N3CCCCCC3)nn2)c1. The molecule has 0 saturated carbocycles. The summed E-state index contributed by atoms with van der Waals surface area (Å²) in [4.78, 5) is 14.5. The van der Waals surface area contributed by atoms with Crippen molar-refractivity contribution in [2.45, 2.75) is 32.6 Å². The lowest BCUT2D eigenvalue weighted by molar-refractivity contribution is 0.102. The van der Waals surface area contributed by atoms with Gasteiger partial charge in [0, 0.05) is 18.8 Å². The third-order valence-electron chi connectivity index (χ3n) is 4.09. The van der Waals surface area contributed by atoms with E-state index in [1.807, 2.05) is 37.3 Å². The largest absolute Gasteiger partial charge is 0.355 e. The van der Waals surface area contributed by atoms with Gasteiger partial charge in [-0.05, 0) is 49.6 Å². The van der Waals surface area contributed by atoms with Crippen molar-refractivity contribution in [2.75, 3.05) is 23.3 Å². The van der Waals surface area contributed by atoms with E-state index in [2.05, 4.69) is 20.4 Å². The van der Waals surface area contributed by atoms with Crippen LogP contribution in [0.1, 0.15) is 41.7 Å². The van der Waals surface area contributed by atoms with Gasteiger partial charge < -0.3 is 10.2 Å². The molecule has 1 amide bonds. The molecular formula is C18H22N4O. The highest BCUT2D eigenvalue weighted by atomic mass is 16.1. The maximum Gasteiger partial charge on any atom is 0.276 e. The average Bonchev–Trinajstić information content (AvgIpc) is 2.84. The summed E-state index contributed by atoms with van der Waals surface area (Å²) >= 11 is 0. The Morgan fingerprint density at radius 2 is 1.83 bits per heavy atom. The molecule has 0 spiro atoms. The number of aryl methyl sites for hydroxylation is 1. The predicted octanol–water partition coefficient (Wildman–Crippen LogP) is 3.42. The van der Waals surface area contributed by atoms with E-state index in [4.69, 9.17) is 0 Å². The first-order chi connectivity index (χ1) is 11.2. The van der Waals surface area contributed by atoms with Crippen LogP contribution in [0.3, 0.4) is 0 Å². The molecule has 1 saturated heterocycles. The number of amides is 1. The lowest BCUT2D eigenvalue weighted by atomic mass is 10.2. The topological polar surface area (TPSA) is 58.1 Å². The van der Waals surface area contributed by atoms with E-state index in [9.17, 15) is 4.79 Å². The molecule has 5 heteroatoms. The van der Waals surface area contributed by atoms with Gasteiger partial charge in [0.25, 0.3) is 5.91 Å². The number of carbonyl (C=O) groups is 1. The van der Waals surface area contributed by atoms with E-state index in [0.29, 0.717) is 5.69 Å². The Labute approximate surface area is 136 Å². The molecule has 120 valence electrons. The van der Waals surface area contributed by atoms with Crippen LogP contribution < -0.4 is 10.2 Å². The molecule has 0 bridgehead atoms. The summed E-state index contributed by atoms with van der Waals surface area (Å²) in [5.41, 5.74) is 2.21. The molecule has 2 heterocycles. The highest BCUT2D eigenvalue weighted by molar-refractivity contribution is 6.02. The normalized spacial score (nSPS) is 15.1. The summed E-state index contributed by atoms with van der Waals surface area (Å²) in [6, 6.07) is 11.3. The van der Waals surface area contributed by atoms with Crippen molar-refractivity contribution < 1.29 is 4.79 Å². The Balaban J connectivity index is 1.67. The van der Waals surface area contributed by atoms with Gasteiger partial charge in [0.15, 0.2) is 11.5 Å². The van der Waals surface area contributed by atoms with Crippen molar-refractivity contribution in [2.24, 2.45) is 0 Å². The fraction of sp³-hybridized carbons (Fsp3) is 0.389. The predicted molar refractivity (Wildman–Crippen MR) is 91.8 cm³/mol. The summed E-state index contributed by atoms with van der Waals surface area (Å²) in [6.45, 7) is 4.03. The zero-order chi connectivity index (χ0) is 16.1. The molecule has 1 N–H and O–H groups in total. The first-order valence-electron chi connectivity index (χ1n) is 8.19. The van der Waals surface area contributed by atoms with Gasteiger partial charge in [-0.1, -0.05) is 25.0 Å². The quantitative estimate of drug-likeness (QED) is 0.943. The van der Waals surface area contributed by atoms with E-state index in [-0.39, 0.29) is 5.91 Å². The number of nitrogens with one attached hydrogen (secondary N) is 1. The summed E-state index contributed by atoms with van der Waals surface area (Å²) < 4.78 is 0. The van der Waals surface area contributed by atoms with Crippen molar-refractivity contribution >= 4 is 17.4 Å². The van der Waals surface area contributed by atoms with Crippen LogP contribution in [0.2, 0.25) is 0 Å². The van der Waals surface area contributed by atoms with Crippen LogP contribution in [-0.2, 0) is 0 Å². The Morgan fingerprint density at radius 3 is 2.48 bits per heavy atom. The molecule has 0 unspecified atom stereocenters. The summed E-state index contributed by atoms with van der Waals surface area (Å²) in [7, 11) is 0. The third-order valence-corrected chi connectivity index (χ3v) is 4.09. The molecule has 0 radical (unpaired) electrons. The highest BCUT2D eigenvalue weighted by Crippen LogP contribution is 2.17. The molecule has 5 nitrogen and oxygen atoms in total. The van der Waals surface area contributed by atoms with Crippen molar-refractivity contribution in [3.05, 3.63) is 47.7 Å². The number of rotatable bonds is 3. The van der Waals surface area contributed by atoms with Crippen molar-refractivity contribution in [3.8, 4) is 0 Å². The van der Waals surface area contributed by atoms with E-state index in [1.54, 1.807) is 6.07 Å². The molecule has 1 aromatic heterocycles. The lowest BCUT2D eigenvalue weighted by Crippen LogP contribution is -2.25. The van der Waals surface area contributed by atoms with Gasteiger partial charge in [0.2, 0.25) is 0 Å². The molecule has 1 fully saturated rings. The van der Waals surface area contributed by atoms with Gasteiger partial charge in [-0.25, -0.2) is 0 Å². The molecule has 1 aromatic carbocycles.